The number of nitrogens with zero attached hydrogens (tertiary/aromatic N) is 2. The Morgan fingerprint density at radius 3 is 2.31 bits per heavy atom. The molecule has 2 N–H and O–H groups in total. The SMILES string of the molecule is CN=Cc1ccc(OC(C(=O)Nc2nc3cc(OC)c(OC)cc3s2)c2ccc(C(=O)O)cc2)cc1. The van der Waals surface area contributed by atoms with Crippen LogP contribution in [0.3, 0.4) is 0 Å². The van der Waals surface area contributed by atoms with E-state index in [1.807, 2.05) is 12.1 Å². The summed E-state index contributed by atoms with van der Waals surface area (Å²) in [5.41, 5.74) is 2.12. The highest BCUT2D eigenvalue weighted by atomic mass is 32.1. The van der Waals surface area contributed by atoms with Crippen molar-refractivity contribution >= 4 is 44.8 Å². The molecule has 184 valence electrons. The number of aliphatic imine (C=N–C) groups is 1. The van der Waals surface area contributed by atoms with Gasteiger partial charge in [-0.05, 0) is 42.0 Å². The summed E-state index contributed by atoms with van der Waals surface area (Å²) < 4.78 is 17.5. The van der Waals surface area contributed by atoms with Gasteiger partial charge in [0.05, 0.1) is 30.0 Å². The lowest BCUT2D eigenvalue weighted by molar-refractivity contribution is -0.123. The van der Waals surface area contributed by atoms with Crippen molar-refractivity contribution in [2.75, 3.05) is 26.6 Å². The molecule has 1 unspecified atom stereocenters. The highest BCUT2D eigenvalue weighted by Gasteiger charge is 2.25. The fraction of sp³-hybridized carbons (Fsp3) is 0.154. The Labute approximate surface area is 211 Å². The van der Waals surface area contributed by atoms with Gasteiger partial charge < -0.3 is 19.3 Å². The van der Waals surface area contributed by atoms with Gasteiger partial charge in [-0.3, -0.25) is 15.1 Å². The van der Waals surface area contributed by atoms with Gasteiger partial charge in [-0.2, -0.15) is 0 Å². The van der Waals surface area contributed by atoms with Gasteiger partial charge in [0.15, 0.2) is 16.6 Å². The van der Waals surface area contributed by atoms with Crippen molar-refractivity contribution in [1.82, 2.24) is 4.98 Å². The Morgan fingerprint density at radius 1 is 1.03 bits per heavy atom. The molecule has 1 amide bonds. The molecule has 0 aliphatic rings. The van der Waals surface area contributed by atoms with Crippen molar-refractivity contribution < 1.29 is 28.9 Å². The van der Waals surface area contributed by atoms with E-state index in [0.29, 0.717) is 33.5 Å². The fourth-order valence-electron chi connectivity index (χ4n) is 3.47. The first kappa shape index (κ1) is 24.7. The van der Waals surface area contributed by atoms with Crippen molar-refractivity contribution in [3.63, 3.8) is 0 Å². The second-order valence-corrected chi connectivity index (χ2v) is 8.60. The number of benzene rings is 3. The molecule has 10 heteroatoms. The minimum Gasteiger partial charge on any atom is -0.493 e. The normalized spacial score (nSPS) is 11.9. The molecule has 36 heavy (non-hydrogen) atoms. The second-order valence-electron chi connectivity index (χ2n) is 7.56. The van der Waals surface area contributed by atoms with E-state index in [2.05, 4.69) is 15.3 Å². The first-order chi connectivity index (χ1) is 17.4. The maximum absolute atomic E-state index is 13.4. The predicted octanol–water partition coefficient (Wildman–Crippen LogP) is 4.82. The van der Waals surface area contributed by atoms with E-state index in [0.717, 1.165) is 10.3 Å². The Balaban J connectivity index is 1.63. The van der Waals surface area contributed by atoms with E-state index in [1.54, 1.807) is 56.8 Å². The zero-order valence-electron chi connectivity index (χ0n) is 19.7. The van der Waals surface area contributed by atoms with E-state index in [9.17, 15) is 14.7 Å². The number of methoxy groups -OCH3 is 2. The van der Waals surface area contributed by atoms with E-state index >= 15 is 0 Å². The van der Waals surface area contributed by atoms with Gasteiger partial charge in [-0.15, -0.1) is 0 Å². The van der Waals surface area contributed by atoms with Gasteiger partial charge in [0, 0.05) is 31.0 Å². The molecule has 4 rings (SSSR count). The van der Waals surface area contributed by atoms with Crippen LogP contribution in [-0.2, 0) is 4.79 Å². The Kier molecular flexibility index (Phi) is 7.45. The highest BCUT2D eigenvalue weighted by Crippen LogP contribution is 2.36. The second kappa shape index (κ2) is 10.9. The number of carbonyl (C=O) groups excluding carboxylic acids is 1. The molecule has 1 atom stereocenters. The number of aromatic nitrogens is 1. The summed E-state index contributed by atoms with van der Waals surface area (Å²) in [4.78, 5) is 33.1. The monoisotopic (exact) mass is 505 g/mol. The summed E-state index contributed by atoms with van der Waals surface area (Å²) in [5.74, 6) is 0.0315. The third-order valence-electron chi connectivity index (χ3n) is 5.23. The summed E-state index contributed by atoms with van der Waals surface area (Å²) in [6.07, 6.45) is 0.644. The number of rotatable bonds is 9. The van der Waals surface area contributed by atoms with Gasteiger partial charge in [-0.1, -0.05) is 23.5 Å². The maximum atomic E-state index is 13.4. The average Bonchev–Trinajstić information content (AvgIpc) is 3.28. The summed E-state index contributed by atoms with van der Waals surface area (Å²) in [6.45, 7) is 0. The van der Waals surface area contributed by atoms with E-state index in [4.69, 9.17) is 14.2 Å². The number of carbonyl (C=O) groups is 2. The number of aromatic carboxylic acids is 1. The molecule has 4 aromatic rings. The Hall–Kier alpha value is -4.44. The van der Waals surface area contributed by atoms with Gasteiger partial charge in [0.25, 0.3) is 5.91 Å². The molecule has 0 bridgehead atoms. The number of hydrogen-bond acceptors (Lipinski definition) is 8. The van der Waals surface area contributed by atoms with E-state index in [-0.39, 0.29) is 5.56 Å². The molecule has 3 aromatic carbocycles. The molecule has 0 radical (unpaired) electrons. The molecule has 9 nitrogen and oxygen atoms in total. The smallest absolute Gasteiger partial charge is 0.335 e. The fourth-order valence-corrected chi connectivity index (χ4v) is 4.35. The van der Waals surface area contributed by atoms with Crippen LogP contribution in [0, 0.1) is 0 Å². The Bertz CT molecular complexity index is 1370. The molecular formula is C26H23N3O6S. The van der Waals surface area contributed by atoms with Crippen molar-refractivity contribution in [3.05, 3.63) is 77.4 Å². The summed E-state index contributed by atoms with van der Waals surface area (Å²) in [7, 11) is 4.77. The third kappa shape index (κ3) is 5.44. The quantitative estimate of drug-likeness (QED) is 0.313. The number of amides is 1. The molecule has 0 aliphatic carbocycles. The van der Waals surface area contributed by atoms with Crippen LogP contribution in [0.2, 0.25) is 0 Å². The predicted molar refractivity (Wildman–Crippen MR) is 138 cm³/mol. The van der Waals surface area contributed by atoms with Crippen LogP contribution in [0.5, 0.6) is 17.2 Å². The lowest BCUT2D eigenvalue weighted by Crippen LogP contribution is -2.25. The minimum absolute atomic E-state index is 0.107. The Morgan fingerprint density at radius 2 is 1.69 bits per heavy atom. The molecule has 1 heterocycles. The van der Waals surface area contributed by atoms with Crippen LogP contribution in [0.4, 0.5) is 5.13 Å². The van der Waals surface area contributed by atoms with E-state index < -0.39 is 18.0 Å². The lowest BCUT2D eigenvalue weighted by Gasteiger charge is -2.19. The van der Waals surface area contributed by atoms with Crippen LogP contribution >= 0.6 is 11.3 Å². The van der Waals surface area contributed by atoms with Crippen molar-refractivity contribution in [2.45, 2.75) is 6.10 Å². The average molecular weight is 506 g/mol. The summed E-state index contributed by atoms with van der Waals surface area (Å²) >= 11 is 1.28. The standard InChI is InChI=1S/C26H23N3O6S/c1-27-14-15-4-10-18(11-5-15)35-23(16-6-8-17(9-7-16)25(31)32)24(30)29-26-28-19-12-20(33-2)21(34-3)13-22(19)36-26/h4-14,23H,1-3H3,(H,31,32)(H,28,29,30). The minimum atomic E-state index is -1.06. The molecule has 0 saturated heterocycles. The summed E-state index contributed by atoms with van der Waals surface area (Å²) in [5, 5.41) is 12.4. The molecular weight excluding hydrogens is 482 g/mol. The number of carboxylic acids is 1. The van der Waals surface area contributed by atoms with Gasteiger partial charge in [0.1, 0.15) is 5.75 Å². The van der Waals surface area contributed by atoms with Crippen LogP contribution in [0.25, 0.3) is 10.2 Å². The molecule has 0 fully saturated rings. The zero-order chi connectivity index (χ0) is 25.7. The number of carboxylic acid groups (broad SMARTS) is 1. The van der Waals surface area contributed by atoms with Crippen molar-refractivity contribution in [3.8, 4) is 17.2 Å². The highest BCUT2D eigenvalue weighted by molar-refractivity contribution is 7.22. The largest absolute Gasteiger partial charge is 0.493 e. The van der Waals surface area contributed by atoms with Gasteiger partial charge >= 0.3 is 5.97 Å². The maximum Gasteiger partial charge on any atom is 0.335 e. The van der Waals surface area contributed by atoms with Crippen LogP contribution in [0.15, 0.2) is 65.7 Å². The summed E-state index contributed by atoms with van der Waals surface area (Å²) in [6, 6.07) is 16.6. The number of nitrogens with one attached hydrogen (secondary N) is 1. The molecule has 0 aliphatic heterocycles. The molecule has 1 aromatic heterocycles. The van der Waals surface area contributed by atoms with Crippen molar-refractivity contribution in [1.29, 1.82) is 0 Å². The lowest BCUT2D eigenvalue weighted by atomic mass is 10.1. The zero-order valence-corrected chi connectivity index (χ0v) is 20.5. The number of ether oxygens (including phenoxy) is 3. The topological polar surface area (TPSA) is 119 Å². The van der Waals surface area contributed by atoms with Crippen molar-refractivity contribution in [2.24, 2.45) is 4.99 Å². The third-order valence-corrected chi connectivity index (χ3v) is 6.17. The number of anilines is 1. The number of fused-ring (bicyclic) bond motifs is 1. The molecule has 0 spiro atoms. The van der Waals surface area contributed by atoms with E-state index in [1.165, 1.54) is 30.6 Å². The van der Waals surface area contributed by atoms with Gasteiger partial charge in [0.2, 0.25) is 6.10 Å². The van der Waals surface area contributed by atoms with Gasteiger partial charge in [-0.25, -0.2) is 9.78 Å². The first-order valence-electron chi connectivity index (χ1n) is 10.8. The number of hydrogen-bond donors (Lipinski definition) is 2. The number of thiazole rings is 1. The van der Waals surface area contributed by atoms with Crippen LogP contribution in [-0.4, -0.2) is 49.4 Å². The van der Waals surface area contributed by atoms with Crippen LogP contribution in [0.1, 0.15) is 27.6 Å². The molecule has 0 saturated carbocycles. The first-order valence-corrected chi connectivity index (χ1v) is 11.6. The van der Waals surface area contributed by atoms with Crippen LogP contribution < -0.4 is 19.5 Å².